The lowest BCUT2D eigenvalue weighted by atomic mass is 9.84. The van der Waals surface area contributed by atoms with Crippen molar-refractivity contribution in [2.75, 3.05) is 32.8 Å². The summed E-state index contributed by atoms with van der Waals surface area (Å²) in [6.07, 6.45) is 2.19. The average molecular weight is 606 g/mol. The van der Waals surface area contributed by atoms with E-state index in [1.165, 1.54) is 16.4 Å². The number of hydrogen-bond donors (Lipinski definition) is 1. The zero-order valence-corrected chi connectivity index (χ0v) is 22.9. The molecule has 2 aliphatic heterocycles. The van der Waals surface area contributed by atoms with Gasteiger partial charge in [-0.1, -0.05) is 57.3 Å². The van der Waals surface area contributed by atoms with Gasteiger partial charge in [-0.25, -0.2) is 8.42 Å². The Kier molecular flexibility index (Phi) is 8.47. The summed E-state index contributed by atoms with van der Waals surface area (Å²) in [5.74, 6) is -0.176. The van der Waals surface area contributed by atoms with E-state index in [4.69, 9.17) is 27.9 Å². The summed E-state index contributed by atoms with van der Waals surface area (Å²) in [7, 11) is -3.90. The van der Waals surface area contributed by atoms with Crippen molar-refractivity contribution in [2.45, 2.75) is 42.2 Å². The minimum Gasteiger partial charge on any atom is -0.385 e. The summed E-state index contributed by atoms with van der Waals surface area (Å²) >= 11 is 15.7. The lowest BCUT2D eigenvalue weighted by Crippen LogP contribution is -2.46. The van der Waals surface area contributed by atoms with Crippen LogP contribution in [0.4, 0.5) is 0 Å². The van der Waals surface area contributed by atoms with Crippen molar-refractivity contribution in [1.29, 1.82) is 0 Å². The third kappa shape index (κ3) is 5.87. The molecule has 0 aliphatic carbocycles. The molecular formula is C24H27BrCl2N2O5S. The van der Waals surface area contributed by atoms with Crippen LogP contribution in [-0.4, -0.2) is 67.5 Å². The van der Waals surface area contributed by atoms with Crippen LogP contribution in [0.3, 0.4) is 0 Å². The smallest absolute Gasteiger partial charge is 0.248 e. The number of ether oxygens (including phenoxy) is 1. The molecule has 0 saturated carbocycles. The fourth-order valence-corrected chi connectivity index (χ4v) is 7.73. The van der Waals surface area contributed by atoms with Gasteiger partial charge in [-0.05, 0) is 55.5 Å². The first-order valence-corrected chi connectivity index (χ1v) is 14.4. The highest BCUT2D eigenvalue weighted by atomic mass is 79.9. The van der Waals surface area contributed by atoms with Gasteiger partial charge in [-0.15, -0.1) is 0 Å². The SMILES string of the molecule is O=C(COCC1CCCN1S(=O)(=O)c1c(Cl)cccc1Cl)N1CCC(O)(c2ccc(Br)cc2)CC1. The monoisotopic (exact) mass is 604 g/mol. The van der Waals surface area contributed by atoms with Gasteiger partial charge >= 0.3 is 0 Å². The Morgan fingerprint density at radius 3 is 2.34 bits per heavy atom. The summed E-state index contributed by atoms with van der Waals surface area (Å²) < 4.78 is 34.4. The van der Waals surface area contributed by atoms with Crippen molar-refractivity contribution < 1.29 is 23.1 Å². The molecule has 2 aromatic carbocycles. The van der Waals surface area contributed by atoms with Crippen LogP contribution in [0.5, 0.6) is 0 Å². The fraction of sp³-hybridized carbons (Fsp3) is 0.458. The zero-order chi connectivity index (χ0) is 25.2. The molecule has 2 saturated heterocycles. The number of piperidine rings is 1. The number of carbonyl (C=O) groups is 1. The van der Waals surface area contributed by atoms with Gasteiger partial charge in [-0.2, -0.15) is 4.31 Å². The van der Waals surface area contributed by atoms with E-state index in [0.29, 0.717) is 45.3 Å². The van der Waals surface area contributed by atoms with E-state index in [2.05, 4.69) is 15.9 Å². The molecule has 1 amide bonds. The number of amides is 1. The van der Waals surface area contributed by atoms with Crippen LogP contribution in [0.15, 0.2) is 51.8 Å². The number of rotatable bonds is 7. The molecule has 190 valence electrons. The zero-order valence-electron chi connectivity index (χ0n) is 19.0. The molecule has 2 aliphatic rings. The van der Waals surface area contributed by atoms with Crippen LogP contribution in [0.25, 0.3) is 0 Å². The average Bonchev–Trinajstić information content (AvgIpc) is 3.29. The van der Waals surface area contributed by atoms with Crippen LogP contribution in [0.2, 0.25) is 10.0 Å². The van der Waals surface area contributed by atoms with Crippen molar-refractivity contribution in [3.8, 4) is 0 Å². The van der Waals surface area contributed by atoms with E-state index in [9.17, 15) is 18.3 Å². The third-order valence-corrected chi connectivity index (χ3v) is 10.1. The van der Waals surface area contributed by atoms with Gasteiger partial charge in [-0.3, -0.25) is 4.79 Å². The molecule has 7 nitrogen and oxygen atoms in total. The minimum atomic E-state index is -3.90. The Hall–Kier alpha value is -1.20. The second-order valence-electron chi connectivity index (χ2n) is 8.90. The Bertz CT molecular complexity index is 1150. The number of benzene rings is 2. The second kappa shape index (κ2) is 11.0. The molecule has 1 atom stereocenters. The summed E-state index contributed by atoms with van der Waals surface area (Å²) in [4.78, 5) is 14.3. The van der Waals surface area contributed by atoms with Crippen molar-refractivity contribution in [2.24, 2.45) is 0 Å². The number of carbonyl (C=O) groups excluding carboxylic acids is 1. The molecule has 4 rings (SSSR count). The molecule has 35 heavy (non-hydrogen) atoms. The lowest BCUT2D eigenvalue weighted by Gasteiger charge is -2.38. The molecule has 2 fully saturated rings. The Balaban J connectivity index is 1.30. The number of nitrogens with zero attached hydrogens (tertiary/aromatic N) is 2. The molecular weight excluding hydrogens is 579 g/mol. The van der Waals surface area contributed by atoms with Crippen molar-refractivity contribution >= 4 is 55.1 Å². The van der Waals surface area contributed by atoms with E-state index in [1.54, 1.807) is 11.0 Å². The quantitative estimate of drug-likeness (QED) is 0.504. The number of sulfonamides is 1. The first-order chi connectivity index (χ1) is 16.6. The van der Waals surface area contributed by atoms with Crippen LogP contribution >= 0.6 is 39.1 Å². The maximum absolute atomic E-state index is 13.2. The van der Waals surface area contributed by atoms with Gasteiger partial charge in [0.15, 0.2) is 0 Å². The van der Waals surface area contributed by atoms with E-state index in [-0.39, 0.29) is 34.1 Å². The molecule has 1 N–H and O–H groups in total. The van der Waals surface area contributed by atoms with Gasteiger partial charge < -0.3 is 14.7 Å². The predicted octanol–water partition coefficient (Wildman–Crippen LogP) is 4.44. The Morgan fingerprint density at radius 1 is 1.09 bits per heavy atom. The standard InChI is InChI=1S/C24H27BrCl2N2O5S/c25-18-8-6-17(7-9-18)24(31)10-13-28(14-11-24)22(30)16-34-15-19-3-2-12-29(19)35(32,33)23-20(26)4-1-5-21(23)27/h1,4-9,19,31H,2-3,10-16H2. The minimum absolute atomic E-state index is 0.0763. The van der Waals surface area contributed by atoms with Crippen molar-refractivity contribution in [3.05, 3.63) is 62.5 Å². The molecule has 11 heteroatoms. The summed E-state index contributed by atoms with van der Waals surface area (Å²) in [5.41, 5.74) is -0.123. The normalized spacial score (nSPS) is 20.8. The van der Waals surface area contributed by atoms with Crippen LogP contribution in [0.1, 0.15) is 31.2 Å². The number of halogens is 3. The van der Waals surface area contributed by atoms with Gasteiger partial charge in [0.2, 0.25) is 15.9 Å². The van der Waals surface area contributed by atoms with E-state index < -0.39 is 21.7 Å². The lowest BCUT2D eigenvalue weighted by molar-refractivity contribution is -0.141. The molecule has 0 aromatic heterocycles. The first kappa shape index (κ1) is 26.9. The Morgan fingerprint density at radius 2 is 1.71 bits per heavy atom. The van der Waals surface area contributed by atoms with Gasteiger partial charge in [0.05, 0.1) is 22.3 Å². The number of likely N-dealkylation sites (tertiary alicyclic amines) is 1. The molecule has 0 radical (unpaired) electrons. The van der Waals surface area contributed by atoms with Gasteiger partial charge in [0.1, 0.15) is 11.5 Å². The summed E-state index contributed by atoms with van der Waals surface area (Å²) in [5, 5.41) is 11.2. The maximum Gasteiger partial charge on any atom is 0.248 e. The largest absolute Gasteiger partial charge is 0.385 e. The van der Waals surface area contributed by atoms with E-state index in [1.807, 2.05) is 24.3 Å². The molecule has 2 aromatic rings. The van der Waals surface area contributed by atoms with Crippen LogP contribution in [0, 0.1) is 0 Å². The Labute approximate surface area is 224 Å². The van der Waals surface area contributed by atoms with Crippen LogP contribution in [-0.2, 0) is 25.2 Å². The molecule has 2 heterocycles. The topological polar surface area (TPSA) is 87.2 Å². The molecule has 0 spiro atoms. The van der Waals surface area contributed by atoms with Crippen molar-refractivity contribution in [3.63, 3.8) is 0 Å². The fourth-order valence-electron chi connectivity index (χ4n) is 4.69. The first-order valence-electron chi connectivity index (χ1n) is 11.4. The summed E-state index contributed by atoms with van der Waals surface area (Å²) in [6, 6.07) is 11.8. The third-order valence-electron chi connectivity index (χ3n) is 6.67. The molecule has 0 bridgehead atoms. The maximum atomic E-state index is 13.2. The predicted molar refractivity (Wildman–Crippen MR) is 138 cm³/mol. The van der Waals surface area contributed by atoms with E-state index in [0.717, 1.165) is 10.0 Å². The number of hydrogen-bond acceptors (Lipinski definition) is 5. The van der Waals surface area contributed by atoms with Crippen LogP contribution < -0.4 is 0 Å². The van der Waals surface area contributed by atoms with Gasteiger partial charge in [0, 0.05) is 30.1 Å². The number of aliphatic hydroxyl groups is 1. The highest BCUT2D eigenvalue weighted by Crippen LogP contribution is 2.35. The van der Waals surface area contributed by atoms with Crippen molar-refractivity contribution in [1.82, 2.24) is 9.21 Å². The highest BCUT2D eigenvalue weighted by molar-refractivity contribution is 9.10. The second-order valence-corrected chi connectivity index (χ2v) is 12.5. The van der Waals surface area contributed by atoms with Gasteiger partial charge in [0.25, 0.3) is 0 Å². The highest BCUT2D eigenvalue weighted by Gasteiger charge is 2.38. The molecule has 1 unspecified atom stereocenters. The van der Waals surface area contributed by atoms with E-state index >= 15 is 0 Å². The summed E-state index contributed by atoms with van der Waals surface area (Å²) in [6.45, 7) is 1.14.